The van der Waals surface area contributed by atoms with Gasteiger partial charge in [-0.25, -0.2) is 4.39 Å². The molecule has 0 aliphatic carbocycles. The fourth-order valence-electron chi connectivity index (χ4n) is 1.48. The molecule has 0 aliphatic heterocycles. The number of nitrogens with one attached hydrogen (secondary N) is 1. The molecule has 0 saturated heterocycles. The van der Waals surface area contributed by atoms with E-state index in [1.807, 2.05) is 0 Å². The van der Waals surface area contributed by atoms with Gasteiger partial charge in [-0.2, -0.15) is 0 Å². The number of rotatable bonds is 6. The van der Waals surface area contributed by atoms with Gasteiger partial charge in [-0.1, -0.05) is 34.6 Å². The lowest BCUT2D eigenvalue weighted by molar-refractivity contribution is -0.126. The quantitative estimate of drug-likeness (QED) is 0.833. The van der Waals surface area contributed by atoms with Crippen molar-refractivity contribution in [1.82, 2.24) is 5.32 Å². The Kier molecular flexibility index (Phi) is 5.69. The van der Waals surface area contributed by atoms with Crippen LogP contribution in [0.2, 0.25) is 0 Å². The van der Waals surface area contributed by atoms with Crippen LogP contribution in [0.25, 0.3) is 0 Å². The predicted molar refractivity (Wildman–Crippen MR) is 73.9 cm³/mol. The topological polar surface area (TPSA) is 72.2 Å². The van der Waals surface area contributed by atoms with E-state index in [-0.39, 0.29) is 24.6 Å². The fraction of sp³-hybridized carbons (Fsp3) is 0.231. The molecule has 4 nitrogen and oxygen atoms in total. The molecule has 0 heterocycles. The van der Waals surface area contributed by atoms with E-state index in [0.29, 0.717) is 10.0 Å². The lowest BCUT2D eigenvalue weighted by Gasteiger charge is -2.14. The Hall–Kier alpha value is -1.69. The van der Waals surface area contributed by atoms with E-state index in [0.717, 1.165) is 0 Å². The van der Waals surface area contributed by atoms with Crippen LogP contribution < -0.4 is 11.1 Å². The SMILES string of the molecule is C=C(Br)C[C@H](NC(=O)Cc1ccc(F)cc1)C(N)=O. The molecule has 0 spiro atoms. The zero-order chi connectivity index (χ0) is 14.4. The molecule has 0 fully saturated rings. The first kappa shape index (κ1) is 15.4. The van der Waals surface area contributed by atoms with Gasteiger partial charge in [-0.15, -0.1) is 0 Å². The van der Waals surface area contributed by atoms with Crippen LogP contribution in [0.4, 0.5) is 4.39 Å². The van der Waals surface area contributed by atoms with Gasteiger partial charge in [0.1, 0.15) is 11.9 Å². The number of nitrogens with two attached hydrogens (primary N) is 1. The van der Waals surface area contributed by atoms with Crippen molar-refractivity contribution < 1.29 is 14.0 Å². The zero-order valence-corrected chi connectivity index (χ0v) is 11.7. The minimum Gasteiger partial charge on any atom is -0.368 e. The summed E-state index contributed by atoms with van der Waals surface area (Å²) in [5, 5.41) is 2.51. The summed E-state index contributed by atoms with van der Waals surface area (Å²) in [6.07, 6.45) is 0.281. The van der Waals surface area contributed by atoms with Gasteiger partial charge in [0.2, 0.25) is 11.8 Å². The van der Waals surface area contributed by atoms with E-state index in [2.05, 4.69) is 27.8 Å². The third-order valence-electron chi connectivity index (χ3n) is 2.38. The van der Waals surface area contributed by atoms with Crippen LogP contribution in [0.5, 0.6) is 0 Å². The molecule has 0 saturated carbocycles. The maximum atomic E-state index is 12.7. The minimum absolute atomic E-state index is 0.0544. The molecule has 0 unspecified atom stereocenters. The molecule has 1 aromatic rings. The molecular formula is C13H14BrFN2O2. The van der Waals surface area contributed by atoms with Crippen LogP contribution in [0.3, 0.4) is 0 Å². The van der Waals surface area contributed by atoms with Crippen LogP contribution >= 0.6 is 15.9 Å². The highest BCUT2D eigenvalue weighted by Gasteiger charge is 2.18. The molecule has 6 heteroatoms. The third kappa shape index (κ3) is 5.65. The summed E-state index contributed by atoms with van der Waals surface area (Å²) in [7, 11) is 0. The second-order valence-electron chi connectivity index (χ2n) is 4.05. The summed E-state index contributed by atoms with van der Waals surface area (Å²) < 4.78 is 13.3. The third-order valence-corrected chi connectivity index (χ3v) is 2.71. The molecule has 1 atom stereocenters. The number of halogens is 2. The maximum absolute atomic E-state index is 12.7. The van der Waals surface area contributed by atoms with E-state index in [4.69, 9.17) is 5.73 Å². The molecule has 0 aromatic heterocycles. The number of benzene rings is 1. The number of carbonyl (C=O) groups is 2. The monoisotopic (exact) mass is 328 g/mol. The van der Waals surface area contributed by atoms with Gasteiger partial charge in [0.15, 0.2) is 0 Å². The molecule has 0 aliphatic rings. The molecule has 2 amide bonds. The van der Waals surface area contributed by atoms with Crippen molar-refractivity contribution in [3.8, 4) is 0 Å². The van der Waals surface area contributed by atoms with Crippen LogP contribution in [-0.2, 0) is 16.0 Å². The second kappa shape index (κ2) is 7.04. The van der Waals surface area contributed by atoms with Crippen LogP contribution in [-0.4, -0.2) is 17.9 Å². The smallest absolute Gasteiger partial charge is 0.240 e. The number of carbonyl (C=O) groups excluding carboxylic acids is 2. The Morgan fingerprint density at radius 1 is 1.37 bits per heavy atom. The lowest BCUT2D eigenvalue weighted by Crippen LogP contribution is -2.45. The Labute approximate surface area is 119 Å². The van der Waals surface area contributed by atoms with Crippen molar-refractivity contribution in [1.29, 1.82) is 0 Å². The van der Waals surface area contributed by atoms with E-state index >= 15 is 0 Å². The summed E-state index contributed by atoms with van der Waals surface area (Å²) in [5.74, 6) is -1.35. The molecule has 0 bridgehead atoms. The summed E-state index contributed by atoms with van der Waals surface area (Å²) in [5.41, 5.74) is 5.83. The highest BCUT2D eigenvalue weighted by Crippen LogP contribution is 2.10. The fourth-order valence-corrected chi connectivity index (χ4v) is 1.80. The zero-order valence-electron chi connectivity index (χ0n) is 10.2. The maximum Gasteiger partial charge on any atom is 0.240 e. The summed E-state index contributed by atoms with van der Waals surface area (Å²) in [6.45, 7) is 3.59. The minimum atomic E-state index is -0.806. The number of amides is 2. The largest absolute Gasteiger partial charge is 0.368 e. The molecule has 19 heavy (non-hydrogen) atoms. The Morgan fingerprint density at radius 3 is 2.42 bits per heavy atom. The Balaban J connectivity index is 2.59. The summed E-state index contributed by atoms with van der Waals surface area (Å²) >= 11 is 3.11. The Morgan fingerprint density at radius 2 is 1.95 bits per heavy atom. The van der Waals surface area contributed by atoms with Gasteiger partial charge in [-0.05, 0) is 22.2 Å². The molecule has 0 radical (unpaired) electrons. The van der Waals surface area contributed by atoms with Gasteiger partial charge < -0.3 is 11.1 Å². The van der Waals surface area contributed by atoms with E-state index in [1.54, 1.807) is 0 Å². The lowest BCUT2D eigenvalue weighted by atomic mass is 10.1. The van der Waals surface area contributed by atoms with Gasteiger partial charge in [0, 0.05) is 6.42 Å². The standard InChI is InChI=1S/C13H14BrFN2O2/c1-8(14)6-11(13(16)19)17-12(18)7-9-2-4-10(15)5-3-9/h2-5,11H,1,6-7H2,(H2,16,19)(H,17,18)/t11-/m0/s1. The first-order valence-electron chi connectivity index (χ1n) is 5.55. The molecule has 1 aromatic carbocycles. The van der Waals surface area contributed by atoms with E-state index < -0.39 is 11.9 Å². The highest BCUT2D eigenvalue weighted by atomic mass is 79.9. The van der Waals surface area contributed by atoms with Gasteiger partial charge in [-0.3, -0.25) is 9.59 Å². The molecule has 3 N–H and O–H groups in total. The van der Waals surface area contributed by atoms with Crippen LogP contribution in [0, 0.1) is 5.82 Å². The first-order valence-corrected chi connectivity index (χ1v) is 6.34. The van der Waals surface area contributed by atoms with E-state index in [1.165, 1.54) is 24.3 Å². The van der Waals surface area contributed by atoms with Gasteiger partial charge in [0.05, 0.1) is 6.42 Å². The van der Waals surface area contributed by atoms with E-state index in [9.17, 15) is 14.0 Å². The first-order chi connectivity index (χ1) is 8.88. The summed E-state index contributed by atoms with van der Waals surface area (Å²) in [4.78, 5) is 22.9. The predicted octanol–water partition coefficient (Wildman–Crippen LogP) is 1.64. The van der Waals surface area contributed by atoms with Crippen LogP contribution in [0.15, 0.2) is 35.3 Å². The van der Waals surface area contributed by atoms with Crippen molar-refractivity contribution >= 4 is 27.7 Å². The molecule has 102 valence electrons. The van der Waals surface area contributed by atoms with Crippen LogP contribution in [0.1, 0.15) is 12.0 Å². The van der Waals surface area contributed by atoms with Gasteiger partial charge >= 0.3 is 0 Å². The molecular weight excluding hydrogens is 315 g/mol. The van der Waals surface area contributed by atoms with Crippen molar-refractivity contribution in [2.45, 2.75) is 18.9 Å². The highest BCUT2D eigenvalue weighted by molar-refractivity contribution is 9.11. The average Bonchev–Trinajstić information content (AvgIpc) is 2.30. The number of hydrogen-bond acceptors (Lipinski definition) is 2. The Bertz CT molecular complexity index is 488. The van der Waals surface area contributed by atoms with Crippen molar-refractivity contribution in [3.05, 3.63) is 46.7 Å². The second-order valence-corrected chi connectivity index (χ2v) is 5.17. The molecule has 1 rings (SSSR count). The summed E-state index contributed by atoms with van der Waals surface area (Å²) in [6, 6.07) is 4.76. The van der Waals surface area contributed by atoms with Crippen molar-refractivity contribution in [2.24, 2.45) is 5.73 Å². The number of primary amides is 1. The van der Waals surface area contributed by atoms with Crippen molar-refractivity contribution in [3.63, 3.8) is 0 Å². The number of hydrogen-bond donors (Lipinski definition) is 2. The van der Waals surface area contributed by atoms with Gasteiger partial charge in [0.25, 0.3) is 0 Å². The normalized spacial score (nSPS) is 11.7. The van der Waals surface area contributed by atoms with Crippen molar-refractivity contribution in [2.75, 3.05) is 0 Å². The average molecular weight is 329 g/mol.